The van der Waals surface area contributed by atoms with Gasteiger partial charge in [-0.05, 0) is 0 Å². The number of aromatic nitrogens is 2. The Labute approximate surface area is 110 Å². The van der Waals surface area contributed by atoms with Crippen LogP contribution in [0.2, 0.25) is 0 Å². The zero-order chi connectivity index (χ0) is 13.6. The maximum atomic E-state index is 12.4. The fraction of sp³-hybridized carbons (Fsp3) is 0.600. The van der Waals surface area contributed by atoms with Crippen molar-refractivity contribution >= 4 is 15.9 Å². The highest BCUT2D eigenvalue weighted by molar-refractivity contribution is 7.89. The number of amides is 1. The summed E-state index contributed by atoms with van der Waals surface area (Å²) in [6, 6.07) is -0.278. The quantitative estimate of drug-likeness (QED) is 0.700. The first-order valence-electron chi connectivity index (χ1n) is 5.86. The minimum absolute atomic E-state index is 0.0139. The number of hydrogen-bond acceptors (Lipinski definition) is 5. The Hall–Kier alpha value is -1.45. The molecule has 1 aromatic heterocycles. The van der Waals surface area contributed by atoms with Crippen LogP contribution in [-0.4, -0.2) is 60.0 Å². The van der Waals surface area contributed by atoms with Gasteiger partial charge in [0, 0.05) is 26.3 Å². The van der Waals surface area contributed by atoms with Crippen LogP contribution in [0.15, 0.2) is 17.6 Å². The lowest BCUT2D eigenvalue weighted by molar-refractivity contribution is -0.134. The van der Waals surface area contributed by atoms with Crippen molar-refractivity contribution in [3.05, 3.63) is 12.5 Å². The Morgan fingerprint density at radius 3 is 2.95 bits per heavy atom. The van der Waals surface area contributed by atoms with E-state index in [2.05, 4.69) is 10.3 Å². The smallest absolute Gasteiger partial charge is 0.262 e. The summed E-state index contributed by atoms with van der Waals surface area (Å²) in [7, 11) is -1.92. The first kappa shape index (κ1) is 12.6. The number of rotatable bonds is 2. The second kappa shape index (κ2) is 4.29. The molecule has 3 rings (SSSR count). The normalized spacial score (nSPS) is 28.2. The summed E-state index contributed by atoms with van der Waals surface area (Å²) in [5, 5.41) is 2.76. The third kappa shape index (κ3) is 2.13. The maximum Gasteiger partial charge on any atom is 0.262 e. The van der Waals surface area contributed by atoms with Gasteiger partial charge < -0.3 is 14.6 Å². The third-order valence-corrected chi connectivity index (χ3v) is 5.01. The second-order valence-corrected chi connectivity index (χ2v) is 6.61. The highest BCUT2D eigenvalue weighted by Crippen LogP contribution is 2.23. The van der Waals surface area contributed by atoms with Gasteiger partial charge in [-0.25, -0.2) is 13.4 Å². The Balaban J connectivity index is 1.82. The molecule has 0 saturated carbocycles. The molecule has 1 aromatic rings. The highest BCUT2D eigenvalue weighted by Gasteiger charge is 2.43. The molecule has 0 aliphatic carbocycles. The summed E-state index contributed by atoms with van der Waals surface area (Å²) in [6.45, 7) is 0.442. The predicted molar refractivity (Wildman–Crippen MR) is 63.6 cm³/mol. The molecular formula is C10H14N4O4S. The first-order valence-corrected chi connectivity index (χ1v) is 7.30. The van der Waals surface area contributed by atoms with E-state index in [-0.39, 0.29) is 42.8 Å². The van der Waals surface area contributed by atoms with E-state index in [0.29, 0.717) is 0 Å². The van der Waals surface area contributed by atoms with E-state index < -0.39 is 10.0 Å². The van der Waals surface area contributed by atoms with Crippen LogP contribution >= 0.6 is 0 Å². The third-order valence-electron chi connectivity index (χ3n) is 3.29. The van der Waals surface area contributed by atoms with Gasteiger partial charge in [-0.15, -0.1) is 0 Å². The van der Waals surface area contributed by atoms with Crippen LogP contribution in [0, 0.1) is 0 Å². The van der Waals surface area contributed by atoms with Crippen LogP contribution < -0.4 is 5.32 Å². The van der Waals surface area contributed by atoms with Gasteiger partial charge in [-0.3, -0.25) is 4.79 Å². The van der Waals surface area contributed by atoms with Gasteiger partial charge in [0.1, 0.15) is 6.61 Å². The van der Waals surface area contributed by atoms with E-state index in [0.717, 1.165) is 0 Å². The van der Waals surface area contributed by atoms with E-state index in [9.17, 15) is 13.2 Å². The first-order chi connectivity index (χ1) is 8.96. The maximum absolute atomic E-state index is 12.4. The summed E-state index contributed by atoms with van der Waals surface area (Å²) in [4.78, 5) is 15.1. The van der Waals surface area contributed by atoms with Gasteiger partial charge in [0.25, 0.3) is 10.0 Å². The molecule has 0 aromatic carbocycles. The van der Waals surface area contributed by atoms with E-state index >= 15 is 0 Å². The average Bonchev–Trinajstić information content (AvgIpc) is 2.95. The largest absolute Gasteiger partial charge is 0.365 e. The molecule has 9 heteroatoms. The molecule has 1 amide bonds. The number of hydrogen-bond donors (Lipinski definition) is 1. The van der Waals surface area contributed by atoms with Crippen LogP contribution in [-0.2, 0) is 26.6 Å². The molecule has 0 spiro atoms. The van der Waals surface area contributed by atoms with Crippen LogP contribution in [0.3, 0.4) is 0 Å². The summed E-state index contributed by atoms with van der Waals surface area (Å²) >= 11 is 0. The van der Waals surface area contributed by atoms with Crippen LogP contribution in [0.1, 0.15) is 0 Å². The molecule has 2 atom stereocenters. The lowest BCUT2D eigenvalue weighted by Crippen LogP contribution is -2.50. The lowest BCUT2D eigenvalue weighted by Gasteiger charge is -2.24. The van der Waals surface area contributed by atoms with Crippen LogP contribution in [0.5, 0.6) is 0 Å². The fourth-order valence-corrected chi connectivity index (χ4v) is 3.77. The molecule has 1 N–H and O–H groups in total. The van der Waals surface area contributed by atoms with Gasteiger partial charge >= 0.3 is 0 Å². The molecule has 3 heterocycles. The molecule has 0 radical (unpaired) electrons. The van der Waals surface area contributed by atoms with Crippen molar-refractivity contribution < 1.29 is 17.9 Å². The minimum atomic E-state index is -3.62. The van der Waals surface area contributed by atoms with Crippen molar-refractivity contribution in [1.29, 1.82) is 0 Å². The van der Waals surface area contributed by atoms with Crippen molar-refractivity contribution in [3.8, 4) is 0 Å². The number of nitrogens with zero attached hydrogens (tertiary/aromatic N) is 3. The molecule has 2 fully saturated rings. The monoisotopic (exact) mass is 286 g/mol. The number of sulfonamides is 1. The van der Waals surface area contributed by atoms with Crippen molar-refractivity contribution in [3.63, 3.8) is 0 Å². The molecule has 0 bridgehead atoms. The minimum Gasteiger partial charge on any atom is -0.365 e. The molecule has 2 aliphatic heterocycles. The van der Waals surface area contributed by atoms with Crippen molar-refractivity contribution in [2.45, 2.75) is 17.2 Å². The van der Waals surface area contributed by atoms with Crippen LogP contribution in [0.4, 0.5) is 0 Å². The van der Waals surface area contributed by atoms with Gasteiger partial charge in [0.05, 0.1) is 18.5 Å². The number of fused-ring (bicyclic) bond motifs is 1. The van der Waals surface area contributed by atoms with Gasteiger partial charge in [0.15, 0.2) is 5.03 Å². The highest BCUT2D eigenvalue weighted by atomic mass is 32.2. The number of morpholine rings is 1. The molecule has 19 heavy (non-hydrogen) atoms. The van der Waals surface area contributed by atoms with E-state index in [1.807, 2.05) is 0 Å². The standard InChI is InChI=1S/C10H14N4O4S/c1-13-4-10(11-6-13)19(16,17)14-2-7-8(3-14)18-5-9(15)12-7/h4,6-8H,2-3,5H2,1H3,(H,12,15)/t7-,8-/m0/s1. The number of carbonyl (C=O) groups excluding carboxylic acids is 1. The van der Waals surface area contributed by atoms with E-state index in [1.54, 1.807) is 11.6 Å². The molecule has 2 aliphatic rings. The van der Waals surface area contributed by atoms with Gasteiger partial charge in [-0.1, -0.05) is 0 Å². The zero-order valence-corrected chi connectivity index (χ0v) is 11.1. The molecule has 104 valence electrons. The molecule has 8 nitrogen and oxygen atoms in total. The summed E-state index contributed by atoms with van der Waals surface area (Å²) < 4.78 is 32.9. The molecule has 2 saturated heterocycles. The topological polar surface area (TPSA) is 93.5 Å². The van der Waals surface area contributed by atoms with Crippen LogP contribution in [0.25, 0.3) is 0 Å². The SMILES string of the molecule is Cn1cnc(S(=O)(=O)N2C[C@@H]3NC(=O)CO[C@H]3C2)c1. The summed E-state index contributed by atoms with van der Waals surface area (Å²) in [5.74, 6) is -0.210. The lowest BCUT2D eigenvalue weighted by atomic mass is 10.2. The fourth-order valence-electron chi connectivity index (χ4n) is 2.33. The van der Waals surface area contributed by atoms with Crippen molar-refractivity contribution in [2.24, 2.45) is 7.05 Å². The Bertz CT molecular complexity index is 611. The average molecular weight is 286 g/mol. The molecular weight excluding hydrogens is 272 g/mol. The zero-order valence-electron chi connectivity index (χ0n) is 10.3. The Morgan fingerprint density at radius 2 is 2.26 bits per heavy atom. The summed E-state index contributed by atoms with van der Waals surface area (Å²) in [5.41, 5.74) is 0. The predicted octanol–water partition coefficient (Wildman–Crippen LogP) is -1.69. The number of imidazole rings is 1. The van der Waals surface area contributed by atoms with Crippen molar-refractivity contribution in [1.82, 2.24) is 19.2 Å². The van der Waals surface area contributed by atoms with Crippen molar-refractivity contribution in [2.75, 3.05) is 19.7 Å². The Morgan fingerprint density at radius 1 is 1.47 bits per heavy atom. The van der Waals surface area contributed by atoms with Gasteiger partial charge in [-0.2, -0.15) is 4.31 Å². The summed E-state index contributed by atoms with van der Waals surface area (Å²) in [6.07, 6.45) is 2.61. The van der Waals surface area contributed by atoms with E-state index in [4.69, 9.17) is 4.74 Å². The number of ether oxygens (including phenoxy) is 1. The number of carbonyl (C=O) groups is 1. The molecule has 0 unspecified atom stereocenters. The number of nitrogens with one attached hydrogen (secondary N) is 1. The van der Waals surface area contributed by atoms with E-state index in [1.165, 1.54) is 16.8 Å². The number of aryl methyl sites for hydroxylation is 1. The second-order valence-electron chi connectivity index (χ2n) is 4.72. The van der Waals surface area contributed by atoms with Gasteiger partial charge in [0.2, 0.25) is 5.91 Å². The Kier molecular flexibility index (Phi) is 2.84.